The Labute approximate surface area is 130 Å². The number of allylic oxidation sites excluding steroid dienone is 1. The number of Topliss-reactive ketones (excluding diaryl/α,β-unsaturated/α-hetero) is 1. The maximum Gasteiger partial charge on any atom is 0.203 e. The van der Waals surface area contributed by atoms with Gasteiger partial charge in [0.25, 0.3) is 0 Å². The van der Waals surface area contributed by atoms with Crippen LogP contribution in [0.3, 0.4) is 0 Å². The molecule has 0 aliphatic rings. The summed E-state index contributed by atoms with van der Waals surface area (Å²) in [6, 6.07) is 15.7. The van der Waals surface area contributed by atoms with E-state index >= 15 is 0 Å². The van der Waals surface area contributed by atoms with Crippen LogP contribution in [0.25, 0.3) is 6.08 Å². The maximum atomic E-state index is 12.4. The number of carbonyl (C=O) groups is 1. The number of aryl methyl sites for hydroxylation is 1. The van der Waals surface area contributed by atoms with Crippen molar-refractivity contribution >= 4 is 11.9 Å². The number of aromatic hydroxyl groups is 1. The lowest BCUT2D eigenvalue weighted by atomic mass is 10.00. The van der Waals surface area contributed by atoms with E-state index < -0.39 is 0 Å². The molecule has 0 atom stereocenters. The number of ketones is 1. The van der Waals surface area contributed by atoms with Gasteiger partial charge in [-0.2, -0.15) is 5.26 Å². The number of phenolic OH excluding ortho intramolecular Hbond substituents is 1. The molecular weight excluding hydrogens is 274 g/mol. The largest absolute Gasteiger partial charge is 0.508 e. The smallest absolute Gasteiger partial charge is 0.203 e. The fraction of sp³-hybridized carbons (Fsp3) is 0.158. The molecular formula is C19H17NO2. The fourth-order valence-corrected chi connectivity index (χ4v) is 2.15. The summed E-state index contributed by atoms with van der Waals surface area (Å²) in [6.07, 6.45) is 3.56. The van der Waals surface area contributed by atoms with Crippen molar-refractivity contribution in [2.24, 2.45) is 0 Å². The van der Waals surface area contributed by atoms with Gasteiger partial charge in [-0.3, -0.25) is 4.79 Å². The Morgan fingerprint density at radius 1 is 1.14 bits per heavy atom. The first-order valence-corrected chi connectivity index (χ1v) is 7.18. The molecule has 22 heavy (non-hydrogen) atoms. The van der Waals surface area contributed by atoms with Gasteiger partial charge < -0.3 is 5.11 Å². The standard InChI is InChI=1S/C19H17NO2/c1-2-3-14-4-8-16(9-5-14)19(22)17(13-20)12-15-6-10-18(21)11-7-15/h4-12,21H,2-3H2,1H3/b17-12+. The molecule has 0 spiro atoms. The van der Waals surface area contributed by atoms with Gasteiger partial charge in [-0.1, -0.05) is 49.7 Å². The van der Waals surface area contributed by atoms with Crippen LogP contribution < -0.4 is 0 Å². The Kier molecular flexibility index (Phi) is 5.11. The van der Waals surface area contributed by atoms with Gasteiger partial charge in [-0.15, -0.1) is 0 Å². The third-order valence-electron chi connectivity index (χ3n) is 3.32. The summed E-state index contributed by atoms with van der Waals surface area (Å²) >= 11 is 0. The minimum absolute atomic E-state index is 0.0777. The van der Waals surface area contributed by atoms with Crippen LogP contribution in [-0.4, -0.2) is 10.9 Å². The molecule has 3 heteroatoms. The van der Waals surface area contributed by atoms with E-state index in [-0.39, 0.29) is 17.1 Å². The van der Waals surface area contributed by atoms with Crippen molar-refractivity contribution in [3.05, 3.63) is 70.8 Å². The molecule has 1 N–H and O–H groups in total. The quantitative estimate of drug-likeness (QED) is 0.512. The highest BCUT2D eigenvalue weighted by atomic mass is 16.3. The Morgan fingerprint density at radius 2 is 1.77 bits per heavy atom. The summed E-state index contributed by atoms with van der Waals surface area (Å²) in [7, 11) is 0. The van der Waals surface area contributed by atoms with E-state index in [4.69, 9.17) is 0 Å². The number of hydrogen-bond donors (Lipinski definition) is 1. The van der Waals surface area contributed by atoms with Gasteiger partial charge in [0.05, 0.1) is 0 Å². The van der Waals surface area contributed by atoms with E-state index in [0.717, 1.165) is 12.8 Å². The van der Waals surface area contributed by atoms with Gasteiger partial charge in [-0.05, 0) is 35.8 Å². The Hall–Kier alpha value is -2.86. The van der Waals surface area contributed by atoms with Crippen molar-refractivity contribution in [2.75, 3.05) is 0 Å². The molecule has 0 unspecified atom stereocenters. The Morgan fingerprint density at radius 3 is 2.32 bits per heavy atom. The van der Waals surface area contributed by atoms with Crippen LogP contribution in [0.5, 0.6) is 5.75 Å². The molecule has 110 valence electrons. The third-order valence-corrected chi connectivity index (χ3v) is 3.32. The molecule has 2 rings (SSSR count). The van der Waals surface area contributed by atoms with E-state index in [1.807, 2.05) is 18.2 Å². The monoisotopic (exact) mass is 291 g/mol. The van der Waals surface area contributed by atoms with E-state index in [2.05, 4.69) is 6.92 Å². The van der Waals surface area contributed by atoms with Crippen LogP contribution in [-0.2, 0) is 6.42 Å². The highest BCUT2D eigenvalue weighted by molar-refractivity contribution is 6.14. The maximum absolute atomic E-state index is 12.4. The first-order chi connectivity index (χ1) is 10.6. The van der Waals surface area contributed by atoms with Crippen LogP contribution in [0.15, 0.2) is 54.1 Å². The zero-order valence-electron chi connectivity index (χ0n) is 12.4. The third kappa shape index (κ3) is 3.83. The molecule has 0 amide bonds. The summed E-state index contributed by atoms with van der Waals surface area (Å²) in [6.45, 7) is 2.10. The average Bonchev–Trinajstić information content (AvgIpc) is 2.55. The van der Waals surface area contributed by atoms with Crippen molar-refractivity contribution in [3.63, 3.8) is 0 Å². The molecule has 2 aromatic carbocycles. The van der Waals surface area contributed by atoms with Crippen LogP contribution in [0.2, 0.25) is 0 Å². The Bertz CT molecular complexity index is 720. The molecule has 0 fully saturated rings. The number of benzene rings is 2. The number of nitriles is 1. The van der Waals surface area contributed by atoms with Crippen molar-refractivity contribution in [1.29, 1.82) is 5.26 Å². The second kappa shape index (κ2) is 7.24. The lowest BCUT2D eigenvalue weighted by molar-refractivity contribution is 0.104. The topological polar surface area (TPSA) is 61.1 Å². The zero-order chi connectivity index (χ0) is 15.9. The summed E-state index contributed by atoms with van der Waals surface area (Å²) in [5.41, 5.74) is 2.46. The first kappa shape index (κ1) is 15.5. The minimum atomic E-state index is -0.293. The molecule has 0 radical (unpaired) electrons. The normalized spacial score (nSPS) is 11.0. The second-order valence-electron chi connectivity index (χ2n) is 5.04. The van der Waals surface area contributed by atoms with E-state index in [1.54, 1.807) is 24.3 Å². The molecule has 0 aliphatic carbocycles. The van der Waals surface area contributed by atoms with Crippen LogP contribution in [0, 0.1) is 11.3 Å². The highest BCUT2D eigenvalue weighted by Crippen LogP contribution is 2.16. The summed E-state index contributed by atoms with van der Waals surface area (Å²) < 4.78 is 0. The van der Waals surface area contributed by atoms with Crippen LogP contribution in [0.4, 0.5) is 0 Å². The summed E-state index contributed by atoms with van der Waals surface area (Å²) in [5, 5.41) is 18.5. The van der Waals surface area contributed by atoms with Gasteiger partial charge in [0.2, 0.25) is 5.78 Å². The molecule has 3 nitrogen and oxygen atoms in total. The number of phenols is 1. The van der Waals surface area contributed by atoms with Gasteiger partial charge in [0, 0.05) is 5.56 Å². The first-order valence-electron chi connectivity index (χ1n) is 7.18. The predicted molar refractivity (Wildman–Crippen MR) is 86.5 cm³/mol. The SMILES string of the molecule is CCCc1ccc(C(=O)/C(C#N)=C/c2ccc(O)cc2)cc1. The van der Waals surface area contributed by atoms with Crippen molar-refractivity contribution in [1.82, 2.24) is 0 Å². The number of rotatable bonds is 5. The highest BCUT2D eigenvalue weighted by Gasteiger charge is 2.12. The summed E-state index contributed by atoms with van der Waals surface area (Å²) in [4.78, 5) is 12.4. The lowest BCUT2D eigenvalue weighted by Crippen LogP contribution is -2.02. The molecule has 0 saturated heterocycles. The van der Waals surface area contributed by atoms with Crippen molar-refractivity contribution in [2.45, 2.75) is 19.8 Å². The molecule has 0 heterocycles. The fourth-order valence-electron chi connectivity index (χ4n) is 2.15. The van der Waals surface area contributed by atoms with Crippen LogP contribution >= 0.6 is 0 Å². The van der Waals surface area contributed by atoms with E-state index in [9.17, 15) is 15.2 Å². The second-order valence-corrected chi connectivity index (χ2v) is 5.04. The zero-order valence-corrected chi connectivity index (χ0v) is 12.4. The van der Waals surface area contributed by atoms with Crippen molar-refractivity contribution < 1.29 is 9.90 Å². The van der Waals surface area contributed by atoms with Gasteiger partial charge in [-0.25, -0.2) is 0 Å². The van der Waals surface area contributed by atoms with E-state index in [1.165, 1.54) is 23.8 Å². The van der Waals surface area contributed by atoms with Crippen molar-refractivity contribution in [3.8, 4) is 11.8 Å². The van der Waals surface area contributed by atoms with Gasteiger partial charge >= 0.3 is 0 Å². The Balaban J connectivity index is 2.25. The number of nitrogens with zero attached hydrogens (tertiary/aromatic N) is 1. The molecule has 0 aliphatic heterocycles. The lowest BCUT2D eigenvalue weighted by Gasteiger charge is -2.03. The van der Waals surface area contributed by atoms with Crippen LogP contribution in [0.1, 0.15) is 34.8 Å². The van der Waals surface area contributed by atoms with Gasteiger partial charge in [0.1, 0.15) is 17.4 Å². The predicted octanol–water partition coefficient (Wildman–Crippen LogP) is 4.13. The summed E-state index contributed by atoms with van der Waals surface area (Å²) in [5.74, 6) is -0.146. The van der Waals surface area contributed by atoms with E-state index in [0.29, 0.717) is 11.1 Å². The minimum Gasteiger partial charge on any atom is -0.508 e. The molecule has 0 aromatic heterocycles. The molecule has 0 saturated carbocycles. The number of hydrogen-bond acceptors (Lipinski definition) is 3. The van der Waals surface area contributed by atoms with Gasteiger partial charge in [0.15, 0.2) is 0 Å². The molecule has 0 bridgehead atoms. The number of carbonyl (C=O) groups excluding carboxylic acids is 1. The average molecular weight is 291 g/mol. The molecule has 2 aromatic rings.